The van der Waals surface area contributed by atoms with Gasteiger partial charge in [-0.15, -0.1) is 0 Å². The third kappa shape index (κ3) is 6.62. The number of benzene rings is 3. The molecule has 190 valence electrons. The van der Waals surface area contributed by atoms with Crippen molar-refractivity contribution in [2.45, 2.75) is 49.6 Å². The summed E-state index contributed by atoms with van der Waals surface area (Å²) in [5.74, 6) is 1.02. The Morgan fingerprint density at radius 2 is 1.72 bits per heavy atom. The molecule has 1 aliphatic rings. The number of phenolic OH excluding ortho intramolecular Hbond substituents is 1. The summed E-state index contributed by atoms with van der Waals surface area (Å²) in [4.78, 5) is 16.9. The van der Waals surface area contributed by atoms with Crippen LogP contribution in [0.3, 0.4) is 0 Å². The summed E-state index contributed by atoms with van der Waals surface area (Å²) in [6.45, 7) is 7.14. The van der Waals surface area contributed by atoms with Gasteiger partial charge < -0.3 is 19.2 Å². The maximum Gasteiger partial charge on any atom is 0.254 e. The fraction of sp³-hybridized carbons (Fsp3) is 0.367. The molecule has 0 saturated heterocycles. The number of quaternary nitrogens is 1. The Morgan fingerprint density at radius 1 is 0.944 bits per heavy atom. The number of hydrogen-bond donors (Lipinski definition) is 1. The molecule has 0 unspecified atom stereocenters. The van der Waals surface area contributed by atoms with Crippen molar-refractivity contribution in [3.8, 4) is 11.5 Å². The van der Waals surface area contributed by atoms with E-state index in [0.717, 1.165) is 45.6 Å². The second kappa shape index (κ2) is 11.0. The number of unbranched alkanes of at least 4 members (excludes halogenated alkanes) is 1. The van der Waals surface area contributed by atoms with Gasteiger partial charge >= 0.3 is 0 Å². The second-order valence-electron chi connectivity index (χ2n) is 10.7. The summed E-state index contributed by atoms with van der Waals surface area (Å²) >= 11 is 1.47. The van der Waals surface area contributed by atoms with E-state index in [2.05, 4.69) is 59.3 Å². The number of rotatable bonds is 9. The highest BCUT2D eigenvalue weighted by molar-refractivity contribution is 7.99. The SMILES string of the molecule is Cc1ccc(Sc2cc(C(=O)N3Cc4ccc(OCCCC[N+](C)(C)C)cc4C3)ccc2O)cc1C. The normalized spacial score (nSPS) is 13.1. The maximum absolute atomic E-state index is 13.3. The highest BCUT2D eigenvalue weighted by Gasteiger charge is 2.25. The van der Waals surface area contributed by atoms with Crippen molar-refractivity contribution in [3.05, 3.63) is 82.4 Å². The van der Waals surface area contributed by atoms with Crippen molar-refractivity contribution >= 4 is 17.7 Å². The van der Waals surface area contributed by atoms with Gasteiger partial charge in [0.1, 0.15) is 11.5 Å². The third-order valence-electron chi connectivity index (χ3n) is 6.59. The van der Waals surface area contributed by atoms with E-state index in [-0.39, 0.29) is 11.7 Å². The number of carbonyl (C=O) groups is 1. The van der Waals surface area contributed by atoms with Gasteiger partial charge in [-0.2, -0.15) is 0 Å². The number of fused-ring (bicyclic) bond motifs is 1. The predicted octanol–water partition coefficient (Wildman–Crippen LogP) is 6.18. The van der Waals surface area contributed by atoms with Crippen LogP contribution in [0, 0.1) is 13.8 Å². The van der Waals surface area contributed by atoms with E-state index < -0.39 is 0 Å². The molecule has 3 aromatic rings. The Balaban J connectivity index is 1.38. The van der Waals surface area contributed by atoms with Gasteiger partial charge in [0.2, 0.25) is 0 Å². The van der Waals surface area contributed by atoms with E-state index in [1.54, 1.807) is 18.2 Å². The van der Waals surface area contributed by atoms with E-state index >= 15 is 0 Å². The number of hydrogen-bond acceptors (Lipinski definition) is 4. The van der Waals surface area contributed by atoms with Gasteiger partial charge in [-0.25, -0.2) is 0 Å². The zero-order valence-electron chi connectivity index (χ0n) is 22.0. The summed E-state index contributed by atoms with van der Waals surface area (Å²) in [6, 6.07) is 17.5. The molecule has 0 radical (unpaired) electrons. The Bertz CT molecular complexity index is 1250. The maximum atomic E-state index is 13.3. The Kier molecular flexibility index (Phi) is 7.96. The van der Waals surface area contributed by atoms with Crippen LogP contribution in [0.25, 0.3) is 0 Å². The smallest absolute Gasteiger partial charge is 0.254 e. The van der Waals surface area contributed by atoms with Crippen molar-refractivity contribution in [1.82, 2.24) is 4.90 Å². The number of aromatic hydroxyl groups is 1. The number of ether oxygens (including phenoxy) is 1. The lowest BCUT2D eigenvalue weighted by Crippen LogP contribution is -2.35. The topological polar surface area (TPSA) is 49.8 Å². The molecule has 1 aliphatic heterocycles. The first kappa shape index (κ1) is 26.1. The third-order valence-corrected chi connectivity index (χ3v) is 7.63. The molecule has 0 atom stereocenters. The number of phenols is 1. The lowest BCUT2D eigenvalue weighted by Gasteiger charge is -2.23. The summed E-state index contributed by atoms with van der Waals surface area (Å²) < 4.78 is 6.95. The van der Waals surface area contributed by atoms with E-state index in [1.807, 2.05) is 17.0 Å². The summed E-state index contributed by atoms with van der Waals surface area (Å²) in [5, 5.41) is 10.4. The van der Waals surface area contributed by atoms with Crippen LogP contribution in [0.5, 0.6) is 11.5 Å². The average molecular weight is 506 g/mol. The van der Waals surface area contributed by atoms with Gasteiger partial charge in [-0.1, -0.05) is 23.9 Å². The van der Waals surface area contributed by atoms with Crippen LogP contribution in [-0.2, 0) is 13.1 Å². The van der Waals surface area contributed by atoms with Crippen LogP contribution >= 0.6 is 11.8 Å². The number of aryl methyl sites for hydroxylation is 2. The number of amides is 1. The Labute approximate surface area is 219 Å². The van der Waals surface area contributed by atoms with E-state index in [1.165, 1.54) is 22.9 Å². The van der Waals surface area contributed by atoms with Crippen molar-refractivity contribution in [2.75, 3.05) is 34.3 Å². The van der Waals surface area contributed by atoms with Crippen LogP contribution in [0.2, 0.25) is 0 Å². The molecule has 0 fully saturated rings. The molecule has 4 rings (SSSR count). The largest absolute Gasteiger partial charge is 0.507 e. The minimum atomic E-state index is -0.0316. The Hall–Kier alpha value is -2.96. The lowest BCUT2D eigenvalue weighted by molar-refractivity contribution is -0.870. The first-order valence-corrected chi connectivity index (χ1v) is 13.3. The van der Waals surface area contributed by atoms with Crippen LogP contribution < -0.4 is 4.74 Å². The molecule has 1 amide bonds. The average Bonchev–Trinajstić information content (AvgIpc) is 3.25. The van der Waals surface area contributed by atoms with Crippen molar-refractivity contribution in [2.24, 2.45) is 0 Å². The minimum Gasteiger partial charge on any atom is -0.507 e. The molecule has 6 heteroatoms. The van der Waals surface area contributed by atoms with Gasteiger partial charge in [0, 0.05) is 23.5 Å². The van der Waals surface area contributed by atoms with Gasteiger partial charge in [0.05, 0.1) is 39.2 Å². The standard InChI is InChI=1S/C30H36N2O3S/c1-21-8-12-27(16-22(21)2)36-29-18-23(10-13-28(29)33)30(34)31-19-24-9-11-26(17-25(24)20-31)35-15-7-6-14-32(3,4)5/h8-13,16-18H,6-7,14-15,19-20H2,1-5H3/p+1. The fourth-order valence-electron chi connectivity index (χ4n) is 4.30. The molecular formula is C30H37N2O3S+. The van der Waals surface area contributed by atoms with Gasteiger partial charge in [-0.05, 0) is 91.4 Å². The van der Waals surface area contributed by atoms with Gasteiger partial charge in [0.25, 0.3) is 5.91 Å². The highest BCUT2D eigenvalue weighted by Crippen LogP contribution is 2.36. The zero-order valence-corrected chi connectivity index (χ0v) is 22.8. The predicted molar refractivity (Wildman–Crippen MR) is 146 cm³/mol. The molecule has 0 aliphatic carbocycles. The molecule has 36 heavy (non-hydrogen) atoms. The molecule has 1 N–H and O–H groups in total. The fourth-order valence-corrected chi connectivity index (χ4v) is 5.28. The summed E-state index contributed by atoms with van der Waals surface area (Å²) in [5.41, 5.74) is 5.31. The molecule has 1 heterocycles. The van der Waals surface area contributed by atoms with Crippen LogP contribution in [0.1, 0.15) is 45.5 Å². The lowest BCUT2D eigenvalue weighted by atomic mass is 10.1. The molecule has 0 spiro atoms. The number of nitrogens with zero attached hydrogens (tertiary/aromatic N) is 2. The van der Waals surface area contributed by atoms with Crippen molar-refractivity contribution < 1.29 is 19.1 Å². The van der Waals surface area contributed by atoms with Crippen molar-refractivity contribution in [3.63, 3.8) is 0 Å². The Morgan fingerprint density at radius 3 is 2.47 bits per heavy atom. The molecule has 5 nitrogen and oxygen atoms in total. The monoisotopic (exact) mass is 505 g/mol. The second-order valence-corrected chi connectivity index (χ2v) is 11.8. The first-order chi connectivity index (χ1) is 17.1. The molecule has 0 saturated carbocycles. The van der Waals surface area contributed by atoms with Crippen LogP contribution in [0.15, 0.2) is 64.4 Å². The van der Waals surface area contributed by atoms with E-state index in [4.69, 9.17) is 4.74 Å². The van der Waals surface area contributed by atoms with Crippen LogP contribution in [0.4, 0.5) is 0 Å². The number of carbonyl (C=O) groups excluding carboxylic acids is 1. The molecule has 0 bridgehead atoms. The summed E-state index contributed by atoms with van der Waals surface area (Å²) in [6.07, 6.45) is 2.16. The first-order valence-electron chi connectivity index (χ1n) is 12.5. The van der Waals surface area contributed by atoms with Crippen molar-refractivity contribution in [1.29, 1.82) is 0 Å². The molecule has 3 aromatic carbocycles. The van der Waals surface area contributed by atoms with E-state index in [0.29, 0.717) is 30.2 Å². The van der Waals surface area contributed by atoms with Gasteiger partial charge in [0.15, 0.2) is 0 Å². The highest BCUT2D eigenvalue weighted by atomic mass is 32.2. The van der Waals surface area contributed by atoms with Gasteiger partial charge in [-0.3, -0.25) is 4.79 Å². The summed E-state index contributed by atoms with van der Waals surface area (Å²) in [7, 11) is 6.62. The van der Waals surface area contributed by atoms with Crippen LogP contribution in [-0.4, -0.2) is 54.7 Å². The van der Waals surface area contributed by atoms with E-state index in [9.17, 15) is 9.90 Å². The molecular weight excluding hydrogens is 468 g/mol. The molecule has 0 aromatic heterocycles. The minimum absolute atomic E-state index is 0.0316. The quantitative estimate of drug-likeness (QED) is 0.279. The zero-order chi connectivity index (χ0) is 25.9.